The van der Waals surface area contributed by atoms with Crippen molar-refractivity contribution in [2.24, 2.45) is 0 Å². The normalized spacial score (nSPS) is 12.6. The van der Waals surface area contributed by atoms with Crippen LogP contribution in [0.2, 0.25) is 5.02 Å². The third-order valence-electron chi connectivity index (χ3n) is 2.76. The van der Waals surface area contributed by atoms with E-state index in [0.717, 1.165) is 12.0 Å². The lowest BCUT2D eigenvalue weighted by Crippen LogP contribution is -2.27. The second-order valence-electron chi connectivity index (χ2n) is 4.28. The Bertz CT molecular complexity index is 499. The van der Waals surface area contributed by atoms with Crippen LogP contribution in [-0.4, -0.2) is 6.04 Å². The van der Waals surface area contributed by atoms with Crippen molar-refractivity contribution in [3.8, 4) is 0 Å². The Kier molecular flexibility index (Phi) is 4.75. The van der Waals surface area contributed by atoms with Gasteiger partial charge >= 0.3 is 0 Å². The molecule has 2 aromatic rings. The van der Waals surface area contributed by atoms with Crippen molar-refractivity contribution >= 4 is 22.9 Å². The molecule has 1 unspecified atom stereocenters. The van der Waals surface area contributed by atoms with E-state index in [1.165, 1.54) is 10.9 Å². The number of thiophene rings is 1. The molecule has 1 heterocycles. The van der Waals surface area contributed by atoms with E-state index in [9.17, 15) is 4.39 Å². The van der Waals surface area contributed by atoms with Gasteiger partial charge in [-0.2, -0.15) is 0 Å². The molecule has 1 aromatic carbocycles. The van der Waals surface area contributed by atoms with E-state index in [-0.39, 0.29) is 10.8 Å². The minimum Gasteiger partial charge on any atom is -0.310 e. The van der Waals surface area contributed by atoms with Crippen LogP contribution in [0.1, 0.15) is 17.4 Å². The Hall–Kier alpha value is -0.900. The number of halogens is 2. The molecule has 18 heavy (non-hydrogen) atoms. The molecule has 1 aromatic heterocycles. The van der Waals surface area contributed by atoms with Crippen molar-refractivity contribution in [2.45, 2.75) is 25.9 Å². The molecule has 0 spiro atoms. The van der Waals surface area contributed by atoms with Crippen LogP contribution in [0, 0.1) is 5.82 Å². The molecule has 1 N–H and O–H groups in total. The van der Waals surface area contributed by atoms with Crippen LogP contribution in [0.3, 0.4) is 0 Å². The van der Waals surface area contributed by atoms with Crippen molar-refractivity contribution in [2.75, 3.05) is 0 Å². The average Bonchev–Trinajstić information content (AvgIpc) is 2.84. The van der Waals surface area contributed by atoms with Gasteiger partial charge in [0.05, 0.1) is 5.02 Å². The highest BCUT2D eigenvalue weighted by Crippen LogP contribution is 2.19. The third-order valence-corrected chi connectivity index (χ3v) is 4.08. The molecule has 2 rings (SSSR count). The number of nitrogens with one attached hydrogen (secondary N) is 1. The fourth-order valence-corrected chi connectivity index (χ4v) is 2.80. The molecule has 0 saturated carbocycles. The predicted octanol–water partition coefficient (Wildman–Crippen LogP) is 4.26. The maximum absolute atomic E-state index is 13.3. The summed E-state index contributed by atoms with van der Waals surface area (Å²) < 4.78 is 13.3. The van der Waals surface area contributed by atoms with Crippen molar-refractivity contribution < 1.29 is 4.39 Å². The van der Waals surface area contributed by atoms with Gasteiger partial charge in [-0.3, -0.25) is 0 Å². The van der Waals surface area contributed by atoms with Gasteiger partial charge in [-0.05, 0) is 36.4 Å². The molecular formula is C14H15ClFNS. The molecule has 1 nitrogen and oxygen atoms in total. The zero-order valence-electron chi connectivity index (χ0n) is 10.1. The van der Waals surface area contributed by atoms with Crippen LogP contribution < -0.4 is 5.32 Å². The molecule has 4 heteroatoms. The van der Waals surface area contributed by atoms with E-state index in [1.807, 2.05) is 6.07 Å². The summed E-state index contributed by atoms with van der Waals surface area (Å²) in [6.45, 7) is 2.70. The van der Waals surface area contributed by atoms with E-state index in [4.69, 9.17) is 11.6 Å². The maximum Gasteiger partial charge on any atom is 0.142 e. The first-order valence-corrected chi connectivity index (χ1v) is 7.11. The number of rotatable bonds is 5. The highest BCUT2D eigenvalue weighted by molar-refractivity contribution is 7.09. The molecule has 1 atom stereocenters. The Labute approximate surface area is 116 Å². The fraction of sp³-hybridized carbons (Fsp3) is 0.286. The number of hydrogen-bond donors (Lipinski definition) is 1. The fourth-order valence-electron chi connectivity index (χ4n) is 1.77. The lowest BCUT2D eigenvalue weighted by molar-refractivity contribution is 0.545. The Morgan fingerprint density at radius 1 is 1.33 bits per heavy atom. The first-order valence-electron chi connectivity index (χ1n) is 5.85. The third kappa shape index (κ3) is 3.55. The van der Waals surface area contributed by atoms with E-state index >= 15 is 0 Å². The lowest BCUT2D eigenvalue weighted by Gasteiger charge is -2.13. The van der Waals surface area contributed by atoms with Gasteiger partial charge in [0, 0.05) is 17.5 Å². The largest absolute Gasteiger partial charge is 0.310 e. The zero-order chi connectivity index (χ0) is 13.0. The average molecular weight is 284 g/mol. The molecule has 0 aliphatic heterocycles. The first-order chi connectivity index (χ1) is 8.66. The highest BCUT2D eigenvalue weighted by Gasteiger charge is 2.08. The second kappa shape index (κ2) is 6.32. The van der Waals surface area contributed by atoms with Crippen LogP contribution in [0.5, 0.6) is 0 Å². The van der Waals surface area contributed by atoms with Gasteiger partial charge in [0.2, 0.25) is 0 Å². The Morgan fingerprint density at radius 3 is 2.89 bits per heavy atom. The summed E-state index contributed by atoms with van der Waals surface area (Å²) in [4.78, 5) is 1.35. The standard InChI is InChI=1S/C14H15ClFNS/c1-10(8-12-5-3-7-18-12)17-9-11-4-2-6-13(16)14(11)15/h2-7,10,17H,8-9H2,1H3. The van der Waals surface area contributed by atoms with Gasteiger partial charge in [0.15, 0.2) is 0 Å². The minimum absolute atomic E-state index is 0.216. The van der Waals surface area contributed by atoms with Crippen LogP contribution in [-0.2, 0) is 13.0 Å². The van der Waals surface area contributed by atoms with Gasteiger partial charge in [-0.15, -0.1) is 11.3 Å². The topological polar surface area (TPSA) is 12.0 Å². The van der Waals surface area contributed by atoms with E-state index in [2.05, 4.69) is 29.8 Å². The van der Waals surface area contributed by atoms with Gasteiger partial charge in [-0.1, -0.05) is 29.8 Å². The van der Waals surface area contributed by atoms with Crippen LogP contribution >= 0.6 is 22.9 Å². The first kappa shape index (κ1) is 13.5. The van der Waals surface area contributed by atoms with E-state index in [0.29, 0.717) is 12.6 Å². The molecule has 0 fully saturated rings. The lowest BCUT2D eigenvalue weighted by atomic mass is 10.1. The molecule has 96 valence electrons. The van der Waals surface area contributed by atoms with E-state index < -0.39 is 0 Å². The molecule has 0 aliphatic rings. The molecule has 0 radical (unpaired) electrons. The summed E-state index contributed by atoms with van der Waals surface area (Å²) in [5, 5.41) is 5.65. The summed E-state index contributed by atoms with van der Waals surface area (Å²) in [6.07, 6.45) is 0.977. The summed E-state index contributed by atoms with van der Waals surface area (Å²) in [5.41, 5.74) is 0.801. The quantitative estimate of drug-likeness (QED) is 0.864. The van der Waals surface area contributed by atoms with Gasteiger partial charge < -0.3 is 5.32 Å². The minimum atomic E-state index is -0.359. The van der Waals surface area contributed by atoms with Crippen LogP contribution in [0.4, 0.5) is 4.39 Å². The molecule has 0 aliphatic carbocycles. The van der Waals surface area contributed by atoms with Gasteiger partial charge in [-0.25, -0.2) is 4.39 Å². The summed E-state index contributed by atoms with van der Waals surface area (Å²) >= 11 is 7.66. The summed E-state index contributed by atoms with van der Waals surface area (Å²) in [6, 6.07) is 9.41. The highest BCUT2D eigenvalue weighted by atomic mass is 35.5. The van der Waals surface area contributed by atoms with Gasteiger partial charge in [0.25, 0.3) is 0 Å². The van der Waals surface area contributed by atoms with E-state index in [1.54, 1.807) is 17.4 Å². The Morgan fingerprint density at radius 2 is 2.17 bits per heavy atom. The zero-order valence-corrected chi connectivity index (χ0v) is 11.7. The van der Waals surface area contributed by atoms with Crippen molar-refractivity contribution in [3.05, 3.63) is 57.0 Å². The summed E-state index contributed by atoms with van der Waals surface area (Å²) in [5.74, 6) is -0.359. The molecular weight excluding hydrogens is 269 g/mol. The van der Waals surface area contributed by atoms with Crippen molar-refractivity contribution in [3.63, 3.8) is 0 Å². The maximum atomic E-state index is 13.3. The molecule has 0 bridgehead atoms. The molecule has 0 saturated heterocycles. The predicted molar refractivity (Wildman–Crippen MR) is 75.7 cm³/mol. The van der Waals surface area contributed by atoms with Crippen LogP contribution in [0.25, 0.3) is 0 Å². The SMILES string of the molecule is CC(Cc1cccs1)NCc1cccc(F)c1Cl. The number of benzene rings is 1. The van der Waals surface area contributed by atoms with Crippen molar-refractivity contribution in [1.29, 1.82) is 0 Å². The van der Waals surface area contributed by atoms with Crippen molar-refractivity contribution in [1.82, 2.24) is 5.32 Å². The smallest absolute Gasteiger partial charge is 0.142 e. The molecule has 0 amide bonds. The Balaban J connectivity index is 1.89. The van der Waals surface area contributed by atoms with Gasteiger partial charge in [0.1, 0.15) is 5.82 Å². The number of hydrogen-bond acceptors (Lipinski definition) is 2. The second-order valence-corrected chi connectivity index (χ2v) is 5.69. The van der Waals surface area contributed by atoms with Crippen LogP contribution in [0.15, 0.2) is 35.7 Å². The summed E-state index contributed by atoms with van der Waals surface area (Å²) in [7, 11) is 0. The monoisotopic (exact) mass is 283 g/mol.